The van der Waals surface area contributed by atoms with Crippen molar-refractivity contribution in [1.29, 1.82) is 0 Å². The molecular weight excluding hydrogens is 286 g/mol. The number of hydrogen-bond donors (Lipinski definition) is 1. The van der Waals surface area contributed by atoms with E-state index in [1.54, 1.807) is 17.5 Å². The van der Waals surface area contributed by atoms with E-state index in [4.69, 9.17) is 0 Å². The van der Waals surface area contributed by atoms with Crippen LogP contribution in [0.15, 0.2) is 17.2 Å². The summed E-state index contributed by atoms with van der Waals surface area (Å²) in [5.41, 5.74) is 1.03. The Hall–Kier alpha value is -0.850. The zero-order valence-corrected chi connectivity index (χ0v) is 14.1. The van der Waals surface area contributed by atoms with Crippen molar-refractivity contribution in [3.8, 4) is 0 Å². The molecule has 1 fully saturated rings. The lowest BCUT2D eigenvalue weighted by Crippen LogP contribution is -2.35. The normalized spacial score (nSPS) is 17.0. The zero-order valence-electron chi connectivity index (χ0n) is 13.3. The maximum Gasteiger partial charge on any atom is 0.244 e. The Bertz CT molecular complexity index is 536. The molecule has 1 aromatic heterocycles. The van der Waals surface area contributed by atoms with Crippen molar-refractivity contribution in [2.24, 2.45) is 0 Å². The monoisotopic (exact) mass is 313 g/mol. The minimum absolute atomic E-state index is 0.164. The van der Waals surface area contributed by atoms with E-state index in [0.29, 0.717) is 11.4 Å². The van der Waals surface area contributed by atoms with Gasteiger partial charge in [-0.15, -0.1) is 0 Å². The van der Waals surface area contributed by atoms with Gasteiger partial charge in [0.1, 0.15) is 4.90 Å². The van der Waals surface area contributed by atoms with Crippen LogP contribution in [0.2, 0.25) is 0 Å². The molecule has 0 saturated heterocycles. The highest BCUT2D eigenvalue weighted by molar-refractivity contribution is 7.89. The second-order valence-electron chi connectivity index (χ2n) is 5.85. The van der Waals surface area contributed by atoms with Crippen molar-refractivity contribution in [3.63, 3.8) is 0 Å². The van der Waals surface area contributed by atoms with Gasteiger partial charge < -0.3 is 9.88 Å². The summed E-state index contributed by atoms with van der Waals surface area (Å²) in [6, 6.07) is 1.98. The number of hydrogen-bond acceptors (Lipinski definition) is 3. The maximum atomic E-state index is 12.8. The van der Waals surface area contributed by atoms with E-state index >= 15 is 0 Å². The number of aryl methyl sites for hydroxylation is 1. The first-order chi connectivity index (χ1) is 10.0. The second-order valence-corrected chi connectivity index (χ2v) is 7.85. The van der Waals surface area contributed by atoms with Crippen molar-refractivity contribution < 1.29 is 8.42 Å². The van der Waals surface area contributed by atoms with Gasteiger partial charge in [0.25, 0.3) is 0 Å². The van der Waals surface area contributed by atoms with Crippen LogP contribution >= 0.6 is 0 Å². The number of aromatic nitrogens is 1. The largest absolute Gasteiger partial charge is 0.349 e. The molecule has 0 radical (unpaired) electrons. The fraction of sp³-hybridized carbons (Fsp3) is 0.733. The van der Waals surface area contributed by atoms with Gasteiger partial charge in [0.2, 0.25) is 10.0 Å². The molecule has 1 aliphatic carbocycles. The highest BCUT2D eigenvalue weighted by Crippen LogP contribution is 2.28. The lowest BCUT2D eigenvalue weighted by molar-refractivity contribution is 0.373. The molecule has 6 heteroatoms. The van der Waals surface area contributed by atoms with Gasteiger partial charge in [-0.05, 0) is 32.4 Å². The Morgan fingerprint density at radius 2 is 2.05 bits per heavy atom. The fourth-order valence-corrected chi connectivity index (χ4v) is 4.56. The molecule has 1 aliphatic rings. The van der Waals surface area contributed by atoms with Crippen LogP contribution in [0.4, 0.5) is 0 Å². The molecule has 0 aliphatic heterocycles. The predicted molar refractivity (Wildman–Crippen MR) is 84.7 cm³/mol. The van der Waals surface area contributed by atoms with Crippen LogP contribution in [0, 0.1) is 0 Å². The third-order valence-corrected chi connectivity index (χ3v) is 6.17. The fourth-order valence-electron chi connectivity index (χ4n) is 3.08. The highest BCUT2D eigenvalue weighted by Gasteiger charge is 2.31. The first-order valence-electron chi connectivity index (χ1n) is 7.82. The van der Waals surface area contributed by atoms with Crippen LogP contribution < -0.4 is 5.32 Å². The first kappa shape index (κ1) is 16.5. The van der Waals surface area contributed by atoms with Crippen LogP contribution in [0.5, 0.6) is 0 Å². The standard InChI is InChI=1S/C15H27N3O2S/c1-4-9-18-12-15(10-14(18)11-16-2)21(19,20)17(3)13-7-5-6-8-13/h10,12-13,16H,4-9,11H2,1-3H3. The molecule has 1 saturated carbocycles. The van der Waals surface area contributed by atoms with Gasteiger partial charge in [-0.25, -0.2) is 8.42 Å². The molecule has 1 heterocycles. The van der Waals surface area contributed by atoms with Crippen molar-refractivity contribution in [2.75, 3.05) is 14.1 Å². The molecular formula is C15H27N3O2S. The number of sulfonamides is 1. The second kappa shape index (κ2) is 6.94. The van der Waals surface area contributed by atoms with Gasteiger partial charge in [0, 0.05) is 38.1 Å². The zero-order chi connectivity index (χ0) is 15.5. The van der Waals surface area contributed by atoms with Crippen LogP contribution in [0.25, 0.3) is 0 Å². The third-order valence-electron chi connectivity index (χ3n) is 4.30. The summed E-state index contributed by atoms with van der Waals surface area (Å²) in [5, 5.41) is 3.10. The van der Waals surface area contributed by atoms with Crippen molar-refractivity contribution in [3.05, 3.63) is 18.0 Å². The molecule has 1 N–H and O–H groups in total. The Morgan fingerprint density at radius 3 is 2.62 bits per heavy atom. The van der Waals surface area contributed by atoms with Crippen molar-refractivity contribution >= 4 is 10.0 Å². The summed E-state index contributed by atoms with van der Waals surface area (Å²) in [5.74, 6) is 0. The summed E-state index contributed by atoms with van der Waals surface area (Å²) >= 11 is 0. The molecule has 0 aromatic carbocycles. The van der Waals surface area contributed by atoms with Crippen LogP contribution in [-0.4, -0.2) is 37.4 Å². The van der Waals surface area contributed by atoms with Crippen LogP contribution in [0.3, 0.4) is 0 Å². The van der Waals surface area contributed by atoms with Crippen molar-refractivity contribution in [1.82, 2.24) is 14.2 Å². The molecule has 0 bridgehead atoms. The molecule has 2 rings (SSSR count). The molecule has 21 heavy (non-hydrogen) atoms. The van der Waals surface area contributed by atoms with Crippen LogP contribution in [0.1, 0.15) is 44.7 Å². The summed E-state index contributed by atoms with van der Waals surface area (Å²) in [7, 11) is 0.224. The first-order valence-corrected chi connectivity index (χ1v) is 9.26. The maximum absolute atomic E-state index is 12.8. The molecule has 1 aromatic rings. The topological polar surface area (TPSA) is 54.3 Å². The van der Waals surface area contributed by atoms with Gasteiger partial charge in [0.15, 0.2) is 0 Å². The van der Waals surface area contributed by atoms with Gasteiger partial charge in [-0.1, -0.05) is 19.8 Å². The van der Waals surface area contributed by atoms with E-state index in [1.165, 1.54) is 0 Å². The van der Waals surface area contributed by atoms with E-state index in [9.17, 15) is 8.42 Å². The number of nitrogens with zero attached hydrogens (tertiary/aromatic N) is 2. The van der Waals surface area contributed by atoms with E-state index in [-0.39, 0.29) is 6.04 Å². The molecule has 120 valence electrons. The summed E-state index contributed by atoms with van der Waals surface area (Å²) in [6.07, 6.45) is 7.00. The Balaban J connectivity index is 2.28. The minimum atomic E-state index is -3.38. The molecule has 0 unspecified atom stereocenters. The molecule has 0 spiro atoms. The molecule has 0 atom stereocenters. The Morgan fingerprint density at radius 1 is 1.38 bits per heavy atom. The average Bonchev–Trinajstić information content (AvgIpc) is 3.09. The van der Waals surface area contributed by atoms with Gasteiger partial charge in [0.05, 0.1) is 0 Å². The smallest absolute Gasteiger partial charge is 0.244 e. The summed E-state index contributed by atoms with van der Waals surface area (Å²) < 4.78 is 29.2. The van der Waals surface area contributed by atoms with E-state index in [0.717, 1.165) is 44.3 Å². The Labute approximate surface area is 128 Å². The molecule has 0 amide bonds. The third kappa shape index (κ3) is 3.49. The minimum Gasteiger partial charge on any atom is -0.349 e. The highest BCUT2D eigenvalue weighted by atomic mass is 32.2. The van der Waals surface area contributed by atoms with Crippen LogP contribution in [-0.2, 0) is 23.1 Å². The average molecular weight is 313 g/mol. The quantitative estimate of drug-likeness (QED) is 0.839. The SMILES string of the molecule is CCCn1cc(S(=O)(=O)N(C)C2CCCC2)cc1CNC. The summed E-state index contributed by atoms with van der Waals surface area (Å²) in [4.78, 5) is 0.426. The van der Waals surface area contributed by atoms with E-state index < -0.39 is 10.0 Å². The van der Waals surface area contributed by atoms with Gasteiger partial charge in [-0.2, -0.15) is 4.31 Å². The number of nitrogens with one attached hydrogen (secondary N) is 1. The van der Waals surface area contributed by atoms with Crippen molar-refractivity contribution in [2.45, 2.75) is 63.1 Å². The lowest BCUT2D eigenvalue weighted by Gasteiger charge is -2.22. The lowest BCUT2D eigenvalue weighted by atomic mass is 10.3. The van der Waals surface area contributed by atoms with Gasteiger partial charge in [-0.3, -0.25) is 0 Å². The number of rotatable bonds is 7. The molecule has 5 nitrogen and oxygen atoms in total. The summed E-state index contributed by atoms with van der Waals surface area (Å²) in [6.45, 7) is 3.63. The van der Waals surface area contributed by atoms with Gasteiger partial charge >= 0.3 is 0 Å². The van der Waals surface area contributed by atoms with E-state index in [1.807, 2.05) is 17.7 Å². The van der Waals surface area contributed by atoms with E-state index in [2.05, 4.69) is 12.2 Å². The Kier molecular flexibility index (Phi) is 5.46. The predicted octanol–water partition coefficient (Wildman–Crippen LogP) is 2.18.